The Hall–Kier alpha value is -4.43. The fraction of sp³-hybridized carbons (Fsp3) is 0.525. The second kappa shape index (κ2) is 12.9. The number of hydrogen-bond donors (Lipinski definition) is 4. The van der Waals surface area contributed by atoms with Crippen molar-refractivity contribution in [3.8, 4) is 0 Å². The number of benzene rings is 2. The molecule has 4 saturated carbocycles. The van der Waals surface area contributed by atoms with Crippen LogP contribution in [-0.4, -0.2) is 93.2 Å². The number of carbonyl (C=O) groups is 5. The van der Waals surface area contributed by atoms with Gasteiger partial charge in [-0.3, -0.25) is 19.2 Å². The second-order valence-electron chi connectivity index (χ2n) is 15.7. The highest BCUT2D eigenvalue weighted by atomic mass is 16.6. The maximum atomic E-state index is 14.9. The predicted octanol–water partition coefficient (Wildman–Crippen LogP) is 2.51. The van der Waals surface area contributed by atoms with Crippen LogP contribution >= 0.6 is 0 Å². The van der Waals surface area contributed by atoms with Crippen LogP contribution in [0.15, 0.2) is 71.8 Å². The molecule has 1 amide bonds. The largest absolute Gasteiger partial charge is 0.456 e. The number of hydrogen-bond acceptors (Lipinski definition) is 12. The minimum absolute atomic E-state index is 0.0270. The molecule has 1 saturated heterocycles. The molecule has 5 fully saturated rings. The number of aliphatic hydroxyl groups excluding tert-OH is 2. The highest BCUT2D eigenvalue weighted by Gasteiger charge is 2.81. The lowest BCUT2D eigenvalue weighted by Gasteiger charge is -2.74. The lowest BCUT2D eigenvalue weighted by molar-refractivity contribution is -0.359. The minimum Gasteiger partial charge on any atom is -0.456 e. The summed E-state index contributed by atoms with van der Waals surface area (Å²) in [5, 5.41) is 38.9. The zero-order valence-electron chi connectivity index (χ0n) is 30.2. The molecule has 8 rings (SSSR count). The molecule has 3 unspecified atom stereocenters. The molecule has 13 nitrogen and oxygen atoms in total. The zero-order valence-corrected chi connectivity index (χ0v) is 30.2. The van der Waals surface area contributed by atoms with Gasteiger partial charge in [0.2, 0.25) is 0 Å². The van der Waals surface area contributed by atoms with Gasteiger partial charge in [-0.25, -0.2) is 4.79 Å². The maximum absolute atomic E-state index is 14.9. The summed E-state index contributed by atoms with van der Waals surface area (Å²) in [6.07, 6.45) is -6.69. The normalized spacial score (nSPS) is 37.8. The Labute approximate surface area is 306 Å². The number of nitrogens with one attached hydrogen (secondary N) is 1. The number of fused-ring (bicyclic) bond motifs is 2. The molecular formula is C40H45NO12. The number of ketones is 1. The number of amides is 1. The molecule has 0 aromatic heterocycles. The van der Waals surface area contributed by atoms with Gasteiger partial charge < -0.3 is 39.6 Å². The number of esters is 3. The number of ether oxygens (including phenoxy) is 4. The quantitative estimate of drug-likeness (QED) is 0.176. The summed E-state index contributed by atoms with van der Waals surface area (Å²) < 4.78 is 23.6. The van der Waals surface area contributed by atoms with Crippen molar-refractivity contribution in [2.75, 3.05) is 6.61 Å². The van der Waals surface area contributed by atoms with Gasteiger partial charge in [0.1, 0.15) is 12.2 Å². The average molecular weight is 732 g/mol. The van der Waals surface area contributed by atoms with Crippen LogP contribution in [0.1, 0.15) is 75.8 Å². The molecule has 6 aliphatic rings. The van der Waals surface area contributed by atoms with Crippen LogP contribution in [0.25, 0.3) is 0 Å². The van der Waals surface area contributed by atoms with Crippen molar-refractivity contribution in [1.29, 1.82) is 0 Å². The van der Waals surface area contributed by atoms with E-state index in [0.29, 0.717) is 16.7 Å². The van der Waals surface area contributed by atoms with Crippen molar-refractivity contribution >= 4 is 29.6 Å². The summed E-state index contributed by atoms with van der Waals surface area (Å²) in [7, 11) is 0. The number of rotatable bonds is 8. The first kappa shape index (κ1) is 36.9. The number of Topliss-reactive ketones (excluding diaryl/α,β-unsaturated/α-hetero) is 1. The lowest BCUT2D eigenvalue weighted by atomic mass is 9.34. The van der Waals surface area contributed by atoms with Gasteiger partial charge in [0.25, 0.3) is 5.91 Å². The van der Waals surface area contributed by atoms with Crippen molar-refractivity contribution < 1.29 is 58.2 Å². The van der Waals surface area contributed by atoms with Gasteiger partial charge in [0, 0.05) is 43.6 Å². The minimum atomic E-state index is -1.91. The van der Waals surface area contributed by atoms with E-state index in [0.717, 1.165) is 6.92 Å². The van der Waals surface area contributed by atoms with E-state index in [9.17, 15) is 39.3 Å². The Balaban J connectivity index is 1.29. The Morgan fingerprint density at radius 1 is 0.943 bits per heavy atom. The maximum Gasteiger partial charge on any atom is 0.338 e. The molecule has 0 spiro atoms. The molecule has 4 N–H and O–H groups in total. The molecule has 0 radical (unpaired) electrons. The van der Waals surface area contributed by atoms with E-state index in [-0.39, 0.29) is 31.4 Å². The standard InChI is InChI=1S/C40H45NO12/c1-20-26(52-36(48)31(45)30(23-12-8-6-9-13-23)41-35(47)24-14-10-7-11-15-24)18-40(49)25-17-37(40,4)29(20)32(51-21(2)42)34(46)38(5)27(44)16-28-39(19-50-28,33(25)38)53-22(3)43/h6-15,25-28,30-33,44-45,49H,16-19H2,1-5H3,(H,41,47)/t25-,26?,27-,28+,30?,31+,32+,33?,37-,38+,39-,40+/m0/s1. The van der Waals surface area contributed by atoms with Crippen molar-refractivity contribution in [3.63, 3.8) is 0 Å². The van der Waals surface area contributed by atoms with Crippen molar-refractivity contribution in [3.05, 3.63) is 82.9 Å². The third-order valence-electron chi connectivity index (χ3n) is 12.9. The summed E-state index contributed by atoms with van der Waals surface area (Å²) in [6, 6.07) is 15.5. The Morgan fingerprint density at radius 3 is 2.17 bits per heavy atom. The Kier molecular flexibility index (Phi) is 8.96. The highest BCUT2D eigenvalue weighted by Crippen LogP contribution is 2.73. The van der Waals surface area contributed by atoms with E-state index in [2.05, 4.69) is 5.32 Å². The van der Waals surface area contributed by atoms with Crippen molar-refractivity contribution in [2.45, 2.75) is 102 Å². The van der Waals surface area contributed by atoms with Gasteiger partial charge in [0.05, 0.1) is 29.8 Å². The summed E-state index contributed by atoms with van der Waals surface area (Å²) in [4.78, 5) is 67.4. The summed E-state index contributed by atoms with van der Waals surface area (Å²) in [5.74, 6) is -5.41. The van der Waals surface area contributed by atoms with Crippen LogP contribution in [0.4, 0.5) is 0 Å². The van der Waals surface area contributed by atoms with Crippen LogP contribution in [0.5, 0.6) is 0 Å². The van der Waals surface area contributed by atoms with E-state index < -0.39 is 100 Å². The number of aliphatic hydroxyl groups is 3. The predicted molar refractivity (Wildman–Crippen MR) is 184 cm³/mol. The highest BCUT2D eigenvalue weighted by molar-refractivity contribution is 5.96. The van der Waals surface area contributed by atoms with Gasteiger partial charge in [-0.1, -0.05) is 55.5 Å². The molecule has 1 aliphatic heterocycles. The molecule has 1 heterocycles. The van der Waals surface area contributed by atoms with Gasteiger partial charge in [-0.05, 0) is 55.0 Å². The molecule has 4 bridgehead atoms. The molecule has 5 aliphatic carbocycles. The smallest absolute Gasteiger partial charge is 0.338 e. The first-order valence-electron chi connectivity index (χ1n) is 17.9. The molecule has 282 valence electrons. The first-order valence-corrected chi connectivity index (χ1v) is 17.9. The fourth-order valence-corrected chi connectivity index (χ4v) is 10.3. The molecule has 2 aromatic carbocycles. The van der Waals surface area contributed by atoms with E-state index in [1.54, 1.807) is 81.4 Å². The van der Waals surface area contributed by atoms with Crippen LogP contribution in [-0.2, 0) is 38.1 Å². The summed E-state index contributed by atoms with van der Waals surface area (Å²) >= 11 is 0. The average Bonchev–Trinajstić information content (AvgIpc) is 3.12. The second-order valence-corrected chi connectivity index (χ2v) is 15.7. The lowest BCUT2D eigenvalue weighted by Crippen LogP contribution is -2.83. The van der Waals surface area contributed by atoms with Gasteiger partial charge in [-0.2, -0.15) is 0 Å². The number of carbonyl (C=O) groups excluding carboxylic acids is 5. The SMILES string of the molecule is CC(=O)O[C@H]1C(=O)[C@@]2(C)C([C@@H]3C[C@@]4(C)C1=C(C)C(OC(=O)[C@H](O)C(NC(=O)c1ccccc1)c1ccccc1)C[C@@]34O)[C@]1(OC(C)=O)CO[C@@H]1C[C@@H]2O. The van der Waals surface area contributed by atoms with Gasteiger partial charge >= 0.3 is 17.9 Å². The van der Waals surface area contributed by atoms with Crippen molar-refractivity contribution in [2.24, 2.45) is 22.7 Å². The molecule has 53 heavy (non-hydrogen) atoms. The first-order chi connectivity index (χ1) is 25.0. The van der Waals surface area contributed by atoms with Crippen LogP contribution in [0.3, 0.4) is 0 Å². The Morgan fingerprint density at radius 2 is 1.58 bits per heavy atom. The van der Waals surface area contributed by atoms with Crippen LogP contribution in [0.2, 0.25) is 0 Å². The summed E-state index contributed by atoms with van der Waals surface area (Å²) in [6.45, 7) is 7.28. The van der Waals surface area contributed by atoms with Crippen LogP contribution in [0, 0.1) is 22.7 Å². The van der Waals surface area contributed by atoms with Crippen molar-refractivity contribution in [1.82, 2.24) is 5.32 Å². The topological polar surface area (TPSA) is 195 Å². The van der Waals surface area contributed by atoms with E-state index in [4.69, 9.17) is 18.9 Å². The van der Waals surface area contributed by atoms with Gasteiger partial charge in [0.15, 0.2) is 23.6 Å². The molecule has 2 aromatic rings. The van der Waals surface area contributed by atoms with E-state index >= 15 is 0 Å². The third-order valence-corrected chi connectivity index (χ3v) is 12.9. The zero-order chi connectivity index (χ0) is 38.2. The molecule has 13 heteroatoms. The third kappa shape index (κ3) is 5.37. The van der Waals surface area contributed by atoms with E-state index in [1.807, 2.05) is 0 Å². The summed E-state index contributed by atoms with van der Waals surface area (Å²) in [5.41, 5.74) is -4.55. The fourth-order valence-electron chi connectivity index (χ4n) is 10.3. The van der Waals surface area contributed by atoms with Gasteiger partial charge in [-0.15, -0.1) is 0 Å². The monoisotopic (exact) mass is 731 g/mol. The molecular weight excluding hydrogens is 686 g/mol. The van der Waals surface area contributed by atoms with Crippen LogP contribution < -0.4 is 5.32 Å². The molecule has 12 atom stereocenters. The van der Waals surface area contributed by atoms with E-state index in [1.165, 1.54) is 6.92 Å². The Bertz CT molecular complexity index is 1880.